The van der Waals surface area contributed by atoms with Crippen LogP contribution >= 0.6 is 22.7 Å². The van der Waals surface area contributed by atoms with Crippen molar-refractivity contribution in [3.8, 4) is 11.5 Å². The summed E-state index contributed by atoms with van der Waals surface area (Å²) in [4.78, 5) is 33.5. The lowest BCUT2D eigenvalue weighted by atomic mass is 9.95. The number of aliphatic hydroxyl groups is 1. The monoisotopic (exact) mass is 520 g/mol. The van der Waals surface area contributed by atoms with E-state index in [2.05, 4.69) is 11.9 Å². The van der Waals surface area contributed by atoms with Gasteiger partial charge in [-0.1, -0.05) is 42.9 Å². The van der Waals surface area contributed by atoms with Crippen molar-refractivity contribution >= 4 is 49.7 Å². The highest BCUT2D eigenvalue weighted by atomic mass is 32.1. The number of aromatic nitrogens is 1. The van der Waals surface area contributed by atoms with E-state index >= 15 is 0 Å². The SMILES string of the molecule is CCCCOc1cccc(C2C(C(=O)c3cccs3)=C(O)C(=O)N2c2nc3ccc(OC)cc3s2)c1. The van der Waals surface area contributed by atoms with E-state index < -0.39 is 17.7 Å². The van der Waals surface area contributed by atoms with Crippen LogP contribution < -0.4 is 14.4 Å². The predicted molar refractivity (Wildman–Crippen MR) is 142 cm³/mol. The summed E-state index contributed by atoms with van der Waals surface area (Å²) in [6.07, 6.45) is 1.92. The van der Waals surface area contributed by atoms with Crippen molar-refractivity contribution in [2.75, 3.05) is 18.6 Å². The molecule has 4 aromatic rings. The molecule has 0 spiro atoms. The van der Waals surface area contributed by atoms with Crippen LogP contribution in [0.3, 0.4) is 0 Å². The maximum atomic E-state index is 13.5. The molecule has 0 aliphatic carbocycles. The minimum Gasteiger partial charge on any atom is -0.503 e. The molecule has 2 aromatic heterocycles. The fraction of sp³-hybridized carbons (Fsp3) is 0.222. The number of carbonyl (C=O) groups excluding carboxylic acids is 2. The summed E-state index contributed by atoms with van der Waals surface area (Å²) in [5.41, 5.74) is 1.37. The second-order valence-electron chi connectivity index (χ2n) is 8.25. The average molecular weight is 521 g/mol. The summed E-state index contributed by atoms with van der Waals surface area (Å²) in [5, 5.41) is 13.2. The van der Waals surface area contributed by atoms with Crippen molar-refractivity contribution in [2.45, 2.75) is 25.8 Å². The summed E-state index contributed by atoms with van der Waals surface area (Å²) in [6, 6.07) is 15.4. The van der Waals surface area contributed by atoms with E-state index in [0.29, 0.717) is 39.2 Å². The number of fused-ring (bicyclic) bond motifs is 1. The van der Waals surface area contributed by atoms with Crippen molar-refractivity contribution in [3.05, 3.63) is 81.8 Å². The molecular formula is C27H24N2O5S2. The lowest BCUT2D eigenvalue weighted by molar-refractivity contribution is -0.117. The number of amides is 1. The van der Waals surface area contributed by atoms with Gasteiger partial charge in [-0.25, -0.2) is 4.98 Å². The molecule has 0 saturated carbocycles. The predicted octanol–water partition coefficient (Wildman–Crippen LogP) is 6.33. The number of hydrogen-bond acceptors (Lipinski definition) is 8. The number of carbonyl (C=O) groups is 2. The summed E-state index contributed by atoms with van der Waals surface area (Å²) in [5.74, 6) is -0.302. The molecule has 0 radical (unpaired) electrons. The smallest absolute Gasteiger partial charge is 0.296 e. The van der Waals surface area contributed by atoms with E-state index in [-0.39, 0.29) is 11.4 Å². The number of methoxy groups -OCH3 is 1. The average Bonchev–Trinajstić information content (AvgIpc) is 3.62. The van der Waals surface area contributed by atoms with Gasteiger partial charge in [0.05, 0.1) is 40.4 Å². The normalized spacial score (nSPS) is 15.7. The Morgan fingerprint density at radius 3 is 2.75 bits per heavy atom. The second-order valence-corrected chi connectivity index (χ2v) is 10.2. The summed E-state index contributed by atoms with van der Waals surface area (Å²) in [6.45, 7) is 2.65. The number of ketones is 1. The maximum absolute atomic E-state index is 13.5. The molecule has 1 N–H and O–H groups in total. The van der Waals surface area contributed by atoms with Crippen molar-refractivity contribution < 1.29 is 24.2 Å². The van der Waals surface area contributed by atoms with E-state index in [4.69, 9.17) is 9.47 Å². The number of nitrogens with zero attached hydrogens (tertiary/aromatic N) is 2. The van der Waals surface area contributed by atoms with Crippen LogP contribution in [0.25, 0.3) is 10.2 Å². The second kappa shape index (κ2) is 10.1. The molecular weight excluding hydrogens is 496 g/mol. The number of benzene rings is 2. The minimum absolute atomic E-state index is 0.0324. The molecule has 1 amide bonds. The summed E-state index contributed by atoms with van der Waals surface area (Å²) in [7, 11) is 1.59. The van der Waals surface area contributed by atoms with E-state index in [1.54, 1.807) is 30.7 Å². The molecule has 36 heavy (non-hydrogen) atoms. The lowest BCUT2D eigenvalue weighted by Gasteiger charge is -2.24. The van der Waals surface area contributed by atoms with Crippen LogP contribution in [0.15, 0.2) is 71.3 Å². The third-order valence-corrected chi connectivity index (χ3v) is 7.81. The molecule has 1 unspecified atom stereocenters. The Labute approximate surface area is 216 Å². The van der Waals surface area contributed by atoms with Crippen LogP contribution in [-0.4, -0.2) is 35.5 Å². The third kappa shape index (κ3) is 4.36. The first-order valence-electron chi connectivity index (χ1n) is 11.5. The van der Waals surface area contributed by atoms with Crippen LogP contribution in [0.1, 0.15) is 41.0 Å². The number of anilines is 1. The van der Waals surface area contributed by atoms with Crippen molar-refractivity contribution in [2.24, 2.45) is 0 Å². The van der Waals surface area contributed by atoms with Gasteiger partial charge in [0, 0.05) is 0 Å². The van der Waals surface area contributed by atoms with Gasteiger partial charge in [-0.05, 0) is 53.8 Å². The van der Waals surface area contributed by atoms with E-state index in [1.165, 1.54) is 27.6 Å². The van der Waals surface area contributed by atoms with Crippen LogP contribution in [0.5, 0.6) is 11.5 Å². The third-order valence-electron chi connectivity index (χ3n) is 5.93. The molecule has 1 atom stereocenters. The van der Waals surface area contributed by atoms with Crippen molar-refractivity contribution in [3.63, 3.8) is 0 Å². The lowest BCUT2D eigenvalue weighted by Crippen LogP contribution is -2.30. The minimum atomic E-state index is -0.857. The summed E-state index contributed by atoms with van der Waals surface area (Å²) < 4.78 is 12.0. The molecule has 0 saturated heterocycles. The highest BCUT2D eigenvalue weighted by Gasteiger charge is 2.46. The van der Waals surface area contributed by atoms with Gasteiger partial charge in [0.1, 0.15) is 11.5 Å². The van der Waals surface area contributed by atoms with Crippen LogP contribution in [0, 0.1) is 0 Å². The fourth-order valence-corrected chi connectivity index (χ4v) is 5.82. The molecule has 2 aromatic carbocycles. The zero-order valence-corrected chi connectivity index (χ0v) is 21.4. The van der Waals surface area contributed by atoms with Gasteiger partial charge < -0.3 is 14.6 Å². The molecule has 1 aliphatic heterocycles. The van der Waals surface area contributed by atoms with Crippen LogP contribution in [-0.2, 0) is 4.79 Å². The number of unbranched alkanes of at least 4 members (excludes halogenated alkanes) is 1. The van der Waals surface area contributed by atoms with Crippen molar-refractivity contribution in [1.82, 2.24) is 4.98 Å². The number of Topliss-reactive ketones (excluding diaryl/α,β-unsaturated/α-hetero) is 1. The molecule has 7 nitrogen and oxygen atoms in total. The summed E-state index contributed by atoms with van der Waals surface area (Å²) >= 11 is 2.56. The first-order chi connectivity index (χ1) is 17.5. The number of thiophene rings is 1. The zero-order chi connectivity index (χ0) is 25.2. The zero-order valence-electron chi connectivity index (χ0n) is 19.8. The Morgan fingerprint density at radius 1 is 1.14 bits per heavy atom. The van der Waals surface area contributed by atoms with Gasteiger partial charge in [0.25, 0.3) is 5.91 Å². The largest absolute Gasteiger partial charge is 0.503 e. The molecule has 1 aliphatic rings. The van der Waals surface area contributed by atoms with Gasteiger partial charge in [0.2, 0.25) is 5.78 Å². The van der Waals surface area contributed by atoms with Gasteiger partial charge in [-0.3, -0.25) is 14.5 Å². The Kier molecular flexibility index (Phi) is 6.75. The standard InChI is InChI=1S/C27H24N2O5S2/c1-3-4-12-34-18-8-5-7-16(14-18)23-22(24(30)20-9-6-13-35-20)25(31)26(32)29(23)27-28-19-11-10-17(33-2)15-21(19)36-27/h5-11,13-15,23,31H,3-4,12H2,1-2H3. The number of hydrogen-bond donors (Lipinski definition) is 1. The Bertz CT molecular complexity index is 1460. The van der Waals surface area contributed by atoms with Crippen molar-refractivity contribution in [1.29, 1.82) is 0 Å². The van der Waals surface area contributed by atoms with Gasteiger partial charge in [0.15, 0.2) is 10.9 Å². The first kappa shape index (κ1) is 24.0. The van der Waals surface area contributed by atoms with E-state index in [9.17, 15) is 14.7 Å². The fourth-order valence-electron chi connectivity index (χ4n) is 4.12. The van der Waals surface area contributed by atoms with Gasteiger partial charge in [-0.2, -0.15) is 0 Å². The number of ether oxygens (including phenoxy) is 2. The van der Waals surface area contributed by atoms with Gasteiger partial charge in [-0.15, -0.1) is 11.3 Å². The Hall–Kier alpha value is -3.69. The van der Waals surface area contributed by atoms with Crippen LogP contribution in [0.4, 0.5) is 5.13 Å². The maximum Gasteiger partial charge on any atom is 0.296 e. The molecule has 184 valence electrons. The number of aliphatic hydroxyl groups excluding tert-OH is 1. The molecule has 9 heteroatoms. The first-order valence-corrected chi connectivity index (χ1v) is 13.2. The molecule has 3 heterocycles. The highest BCUT2D eigenvalue weighted by molar-refractivity contribution is 7.22. The Morgan fingerprint density at radius 2 is 2.00 bits per heavy atom. The van der Waals surface area contributed by atoms with Crippen LogP contribution in [0.2, 0.25) is 0 Å². The quantitative estimate of drug-likeness (QED) is 0.205. The number of rotatable bonds is 9. The van der Waals surface area contributed by atoms with E-state index in [0.717, 1.165) is 17.5 Å². The molecule has 0 fully saturated rings. The highest BCUT2D eigenvalue weighted by Crippen LogP contribution is 2.45. The number of thiazole rings is 1. The molecule has 5 rings (SSSR count). The Balaban J connectivity index is 1.62. The van der Waals surface area contributed by atoms with E-state index in [1.807, 2.05) is 36.4 Å². The van der Waals surface area contributed by atoms with Gasteiger partial charge >= 0.3 is 0 Å². The topological polar surface area (TPSA) is 89.0 Å². The molecule has 0 bridgehead atoms.